The van der Waals surface area contributed by atoms with E-state index in [1.807, 2.05) is 5.43 Å². The molecule has 17 heavy (non-hydrogen) atoms. The second-order valence-corrected chi connectivity index (χ2v) is 4.39. The van der Waals surface area contributed by atoms with Gasteiger partial charge < -0.3 is 14.6 Å². The summed E-state index contributed by atoms with van der Waals surface area (Å²) >= 11 is 0. The van der Waals surface area contributed by atoms with Crippen molar-refractivity contribution in [3.05, 3.63) is 0 Å². The zero-order chi connectivity index (χ0) is 13.1. The number of carbonyl (C=O) groups is 2. The van der Waals surface area contributed by atoms with Crippen molar-refractivity contribution in [3.63, 3.8) is 0 Å². The average Bonchev–Trinajstić information content (AvgIpc) is 2.54. The van der Waals surface area contributed by atoms with Crippen molar-refractivity contribution in [1.82, 2.24) is 5.43 Å². The highest BCUT2D eigenvalue weighted by Gasteiger charge is 2.44. The maximum Gasteiger partial charge on any atom is 0.335 e. The molecular weight excluding hydrogens is 228 g/mol. The monoisotopic (exact) mass is 246 g/mol. The van der Waals surface area contributed by atoms with Gasteiger partial charge in [0.25, 0.3) is 0 Å². The molecule has 1 aliphatic heterocycles. The molecule has 1 amide bonds. The number of amides is 1. The minimum Gasteiger partial charge on any atom is -0.479 e. The van der Waals surface area contributed by atoms with Crippen LogP contribution in [-0.2, 0) is 19.1 Å². The first-order valence-electron chi connectivity index (χ1n) is 5.43. The quantitative estimate of drug-likeness (QED) is 0.350. The van der Waals surface area contributed by atoms with Gasteiger partial charge in [0.2, 0.25) is 5.91 Å². The Balaban J connectivity index is 2.45. The molecular formula is C10H18N2O5. The van der Waals surface area contributed by atoms with E-state index in [-0.39, 0.29) is 12.3 Å². The number of carboxylic acid groups (broad SMARTS) is 1. The summed E-state index contributed by atoms with van der Waals surface area (Å²) in [5.41, 5.74) is 2.01. The van der Waals surface area contributed by atoms with Gasteiger partial charge in [-0.3, -0.25) is 10.2 Å². The highest BCUT2D eigenvalue weighted by atomic mass is 16.8. The average molecular weight is 246 g/mol. The van der Waals surface area contributed by atoms with Gasteiger partial charge in [0, 0.05) is 6.42 Å². The van der Waals surface area contributed by atoms with E-state index in [4.69, 9.17) is 20.4 Å². The summed E-state index contributed by atoms with van der Waals surface area (Å²) in [5, 5.41) is 8.97. The molecule has 1 rings (SSSR count). The van der Waals surface area contributed by atoms with Crippen molar-refractivity contribution in [2.75, 3.05) is 0 Å². The molecule has 2 unspecified atom stereocenters. The van der Waals surface area contributed by atoms with Crippen molar-refractivity contribution in [1.29, 1.82) is 0 Å². The number of hydrogen-bond acceptors (Lipinski definition) is 5. The molecule has 0 aromatic carbocycles. The maximum atomic E-state index is 10.9. The molecule has 1 saturated heterocycles. The topological polar surface area (TPSA) is 111 Å². The van der Waals surface area contributed by atoms with E-state index in [1.165, 1.54) is 0 Å². The largest absolute Gasteiger partial charge is 0.479 e. The molecule has 0 saturated carbocycles. The van der Waals surface area contributed by atoms with Crippen LogP contribution in [-0.4, -0.2) is 35.0 Å². The number of hydrazine groups is 1. The summed E-state index contributed by atoms with van der Waals surface area (Å²) in [6.07, 6.45) is -0.340. The van der Waals surface area contributed by atoms with Crippen LogP contribution >= 0.6 is 0 Å². The smallest absolute Gasteiger partial charge is 0.335 e. The Bertz CT molecular complexity index is 305. The number of rotatable bonds is 5. The maximum absolute atomic E-state index is 10.9. The molecule has 0 aliphatic carbocycles. The molecule has 7 nitrogen and oxygen atoms in total. The molecule has 1 aliphatic rings. The van der Waals surface area contributed by atoms with Crippen molar-refractivity contribution in [2.45, 2.75) is 51.1 Å². The van der Waals surface area contributed by atoms with Gasteiger partial charge in [-0.05, 0) is 26.7 Å². The van der Waals surface area contributed by atoms with Crippen molar-refractivity contribution < 1.29 is 24.2 Å². The Morgan fingerprint density at radius 2 is 2.06 bits per heavy atom. The highest BCUT2D eigenvalue weighted by molar-refractivity contribution is 5.75. The van der Waals surface area contributed by atoms with E-state index < -0.39 is 24.0 Å². The van der Waals surface area contributed by atoms with Gasteiger partial charge in [0.05, 0.1) is 6.10 Å². The third kappa shape index (κ3) is 3.95. The lowest BCUT2D eigenvalue weighted by Crippen LogP contribution is -2.32. The Kier molecular flexibility index (Phi) is 4.44. The van der Waals surface area contributed by atoms with Crippen molar-refractivity contribution in [2.24, 2.45) is 5.84 Å². The highest BCUT2D eigenvalue weighted by Crippen LogP contribution is 2.30. The molecule has 1 fully saturated rings. The van der Waals surface area contributed by atoms with Crippen LogP contribution in [0.25, 0.3) is 0 Å². The fourth-order valence-electron chi connectivity index (χ4n) is 1.79. The minimum atomic E-state index is -1.05. The Morgan fingerprint density at radius 1 is 1.41 bits per heavy atom. The summed E-state index contributed by atoms with van der Waals surface area (Å²) in [5.74, 6) is 2.70. The SMILES string of the molecule is CC1(C)OC(CCCC(=O)NN)C(C(=O)O)O1. The van der Waals surface area contributed by atoms with Crippen LogP contribution < -0.4 is 11.3 Å². The van der Waals surface area contributed by atoms with E-state index in [0.717, 1.165) is 0 Å². The van der Waals surface area contributed by atoms with Crippen molar-refractivity contribution >= 4 is 11.9 Å². The van der Waals surface area contributed by atoms with Crippen LogP contribution in [0.2, 0.25) is 0 Å². The zero-order valence-corrected chi connectivity index (χ0v) is 9.93. The molecule has 1 heterocycles. The van der Waals surface area contributed by atoms with Gasteiger partial charge in [0.15, 0.2) is 11.9 Å². The van der Waals surface area contributed by atoms with Crippen LogP contribution in [0.4, 0.5) is 0 Å². The van der Waals surface area contributed by atoms with Crippen LogP contribution in [0.3, 0.4) is 0 Å². The van der Waals surface area contributed by atoms with E-state index in [2.05, 4.69) is 0 Å². The van der Waals surface area contributed by atoms with Crippen LogP contribution in [0.5, 0.6) is 0 Å². The summed E-state index contributed by atoms with van der Waals surface area (Å²) in [4.78, 5) is 21.9. The number of aliphatic carboxylic acids is 1. The Labute approximate surface area is 99.2 Å². The second kappa shape index (κ2) is 5.44. The lowest BCUT2D eigenvalue weighted by molar-refractivity contribution is -0.165. The van der Waals surface area contributed by atoms with Gasteiger partial charge in [-0.15, -0.1) is 0 Å². The third-order valence-corrected chi connectivity index (χ3v) is 2.48. The predicted molar refractivity (Wildman–Crippen MR) is 57.6 cm³/mol. The Morgan fingerprint density at radius 3 is 2.59 bits per heavy atom. The summed E-state index contributed by atoms with van der Waals surface area (Å²) in [6, 6.07) is 0. The van der Waals surface area contributed by atoms with Gasteiger partial charge >= 0.3 is 5.97 Å². The molecule has 0 aromatic heterocycles. The van der Waals surface area contributed by atoms with Crippen LogP contribution in [0, 0.1) is 0 Å². The number of carbonyl (C=O) groups excluding carboxylic acids is 1. The predicted octanol–water partition coefficient (Wildman–Crippen LogP) is -0.249. The van der Waals surface area contributed by atoms with Crippen LogP contribution in [0.15, 0.2) is 0 Å². The molecule has 2 atom stereocenters. The van der Waals surface area contributed by atoms with Gasteiger partial charge in [-0.25, -0.2) is 10.6 Å². The number of carboxylic acids is 1. The Hall–Kier alpha value is -1.18. The van der Waals surface area contributed by atoms with Gasteiger partial charge in [0.1, 0.15) is 0 Å². The molecule has 98 valence electrons. The molecule has 0 aromatic rings. The van der Waals surface area contributed by atoms with E-state index >= 15 is 0 Å². The number of nitrogens with two attached hydrogens (primary N) is 1. The third-order valence-electron chi connectivity index (χ3n) is 2.48. The summed E-state index contributed by atoms with van der Waals surface area (Å²) in [6.45, 7) is 3.32. The van der Waals surface area contributed by atoms with Crippen molar-refractivity contribution in [3.8, 4) is 0 Å². The van der Waals surface area contributed by atoms with E-state index in [0.29, 0.717) is 12.8 Å². The molecule has 4 N–H and O–H groups in total. The lowest BCUT2D eigenvalue weighted by Gasteiger charge is -2.16. The number of ether oxygens (including phenoxy) is 2. The first-order chi connectivity index (χ1) is 7.85. The molecule has 0 radical (unpaired) electrons. The molecule has 7 heteroatoms. The lowest BCUT2D eigenvalue weighted by atomic mass is 10.1. The first-order valence-corrected chi connectivity index (χ1v) is 5.43. The van der Waals surface area contributed by atoms with E-state index in [1.54, 1.807) is 13.8 Å². The standard InChI is InChI=1S/C10H18N2O5/c1-10(2)16-6(8(17-10)9(14)15)4-3-5-7(13)12-11/h6,8H,3-5,11H2,1-2H3,(H,12,13)(H,14,15). The second-order valence-electron chi connectivity index (χ2n) is 4.39. The van der Waals surface area contributed by atoms with Gasteiger partial charge in [-0.2, -0.15) is 0 Å². The number of nitrogens with one attached hydrogen (secondary N) is 1. The molecule has 0 spiro atoms. The van der Waals surface area contributed by atoms with Gasteiger partial charge in [-0.1, -0.05) is 0 Å². The fourth-order valence-corrected chi connectivity index (χ4v) is 1.79. The van der Waals surface area contributed by atoms with Crippen LogP contribution in [0.1, 0.15) is 33.1 Å². The fraction of sp³-hybridized carbons (Fsp3) is 0.800. The minimum absolute atomic E-state index is 0.239. The number of hydrogen-bond donors (Lipinski definition) is 3. The first kappa shape index (κ1) is 13.9. The normalized spacial score (nSPS) is 26.8. The van der Waals surface area contributed by atoms with E-state index in [9.17, 15) is 9.59 Å². The zero-order valence-electron chi connectivity index (χ0n) is 9.93. The summed E-state index contributed by atoms with van der Waals surface area (Å²) in [7, 11) is 0. The molecule has 0 bridgehead atoms. The summed E-state index contributed by atoms with van der Waals surface area (Å²) < 4.78 is 10.7.